The van der Waals surface area contributed by atoms with Gasteiger partial charge in [0.15, 0.2) is 0 Å². The van der Waals surface area contributed by atoms with E-state index in [1.807, 2.05) is 12.4 Å². The lowest BCUT2D eigenvalue weighted by molar-refractivity contribution is 0.581. The molecular weight excluding hydrogens is 196 g/mol. The fourth-order valence-electron chi connectivity index (χ4n) is 1.06. The Labute approximate surface area is 101 Å². The van der Waals surface area contributed by atoms with Crippen LogP contribution in [-0.2, 0) is 0 Å². The topological polar surface area (TPSA) is 24.7 Å². The molecule has 0 rings (SSSR count). The molecule has 0 saturated heterocycles. The zero-order chi connectivity index (χ0) is 12.8. The van der Waals surface area contributed by atoms with E-state index < -0.39 is 0 Å². The minimum absolute atomic E-state index is 0.168. The lowest BCUT2D eigenvalue weighted by Crippen LogP contribution is -2.14. The van der Waals surface area contributed by atoms with E-state index in [1.54, 1.807) is 0 Å². The van der Waals surface area contributed by atoms with Crippen molar-refractivity contribution < 1.29 is 0 Å². The van der Waals surface area contributed by atoms with Crippen LogP contribution in [0.5, 0.6) is 0 Å². The summed E-state index contributed by atoms with van der Waals surface area (Å²) in [6.07, 6.45) is 5.13. The van der Waals surface area contributed by atoms with Crippen LogP contribution in [0.1, 0.15) is 54.9 Å². The summed E-state index contributed by atoms with van der Waals surface area (Å²) in [6, 6.07) is 0.331. The highest BCUT2D eigenvalue weighted by Gasteiger charge is 2.09. The average molecular weight is 224 g/mol. The molecule has 0 saturated carbocycles. The van der Waals surface area contributed by atoms with Gasteiger partial charge in [0.2, 0.25) is 0 Å². The maximum Gasteiger partial charge on any atom is 0.0688 e. The predicted molar refractivity (Wildman–Crippen MR) is 74.8 cm³/mol. The summed E-state index contributed by atoms with van der Waals surface area (Å²) >= 11 is 0. The van der Waals surface area contributed by atoms with E-state index in [1.165, 1.54) is 0 Å². The largest absolute Gasteiger partial charge is 0.295 e. The minimum Gasteiger partial charge on any atom is -0.295 e. The van der Waals surface area contributed by atoms with Crippen LogP contribution in [0.3, 0.4) is 0 Å². The fraction of sp³-hybridized carbons (Fsp3) is 0.857. The lowest BCUT2D eigenvalue weighted by atomic mass is 9.98. The molecule has 0 heterocycles. The highest BCUT2D eigenvalue weighted by molar-refractivity contribution is 5.65. The van der Waals surface area contributed by atoms with Crippen LogP contribution >= 0.6 is 0 Å². The second kappa shape index (κ2) is 6.17. The van der Waals surface area contributed by atoms with E-state index in [0.29, 0.717) is 6.04 Å². The molecule has 0 aromatic carbocycles. The number of aliphatic imine (C=N–C) groups is 2. The van der Waals surface area contributed by atoms with E-state index in [9.17, 15) is 0 Å². The summed E-state index contributed by atoms with van der Waals surface area (Å²) in [5, 5.41) is 0. The lowest BCUT2D eigenvalue weighted by Gasteiger charge is -2.14. The van der Waals surface area contributed by atoms with Crippen molar-refractivity contribution in [3.05, 3.63) is 0 Å². The predicted octanol–water partition coefficient (Wildman–Crippen LogP) is 4.00. The van der Waals surface area contributed by atoms with Crippen molar-refractivity contribution in [2.24, 2.45) is 20.8 Å². The molecule has 0 amide bonds. The van der Waals surface area contributed by atoms with Gasteiger partial charge in [-0.05, 0) is 17.3 Å². The Morgan fingerprint density at radius 2 is 1.44 bits per heavy atom. The summed E-state index contributed by atoms with van der Waals surface area (Å²) < 4.78 is 0. The Balaban J connectivity index is 4.23. The molecule has 0 aromatic heterocycles. The monoisotopic (exact) mass is 224 g/mol. The molecule has 0 aliphatic heterocycles. The van der Waals surface area contributed by atoms with Crippen molar-refractivity contribution in [1.29, 1.82) is 0 Å². The van der Waals surface area contributed by atoms with Crippen LogP contribution in [-0.4, -0.2) is 25.0 Å². The second-order valence-corrected chi connectivity index (χ2v) is 6.57. The molecule has 0 spiro atoms. The maximum atomic E-state index is 4.59. The molecule has 1 unspecified atom stereocenters. The van der Waals surface area contributed by atoms with Crippen molar-refractivity contribution in [2.75, 3.05) is 6.54 Å². The summed E-state index contributed by atoms with van der Waals surface area (Å²) in [6.45, 7) is 16.0. The first-order valence-electron chi connectivity index (χ1n) is 6.19. The van der Waals surface area contributed by atoms with Crippen LogP contribution < -0.4 is 0 Å². The normalized spacial score (nSPS) is 16.2. The molecule has 94 valence electrons. The van der Waals surface area contributed by atoms with E-state index in [0.717, 1.165) is 13.0 Å². The summed E-state index contributed by atoms with van der Waals surface area (Å²) in [5.74, 6) is 0. The summed E-state index contributed by atoms with van der Waals surface area (Å²) in [5.41, 5.74) is 0.340. The minimum atomic E-state index is 0.168. The molecule has 2 nitrogen and oxygen atoms in total. The van der Waals surface area contributed by atoms with Gasteiger partial charge in [-0.3, -0.25) is 9.98 Å². The summed E-state index contributed by atoms with van der Waals surface area (Å²) in [4.78, 5) is 9.07. The van der Waals surface area contributed by atoms with Gasteiger partial charge in [-0.1, -0.05) is 48.5 Å². The Hall–Kier alpha value is -0.660. The molecule has 0 radical (unpaired) electrons. The first-order valence-corrected chi connectivity index (χ1v) is 6.19. The van der Waals surface area contributed by atoms with Gasteiger partial charge >= 0.3 is 0 Å². The third-order valence-electron chi connectivity index (χ3n) is 1.94. The van der Waals surface area contributed by atoms with Crippen LogP contribution in [0.25, 0.3) is 0 Å². The Kier molecular flexibility index (Phi) is 5.91. The summed E-state index contributed by atoms with van der Waals surface area (Å²) in [7, 11) is 0. The van der Waals surface area contributed by atoms with Crippen molar-refractivity contribution in [2.45, 2.75) is 60.9 Å². The Morgan fingerprint density at radius 1 is 0.938 bits per heavy atom. The van der Waals surface area contributed by atoms with E-state index in [-0.39, 0.29) is 10.8 Å². The molecule has 0 aromatic rings. The van der Waals surface area contributed by atoms with Crippen molar-refractivity contribution in [1.82, 2.24) is 0 Å². The van der Waals surface area contributed by atoms with Crippen molar-refractivity contribution >= 4 is 12.4 Å². The average Bonchev–Trinajstić information content (AvgIpc) is 2.07. The van der Waals surface area contributed by atoms with Gasteiger partial charge < -0.3 is 0 Å². The molecule has 0 aliphatic rings. The van der Waals surface area contributed by atoms with E-state index >= 15 is 0 Å². The van der Waals surface area contributed by atoms with Crippen LogP contribution in [0.4, 0.5) is 0 Å². The van der Waals surface area contributed by atoms with Gasteiger partial charge in [-0.2, -0.15) is 0 Å². The molecule has 0 N–H and O–H groups in total. The Bertz CT molecular complexity index is 238. The highest BCUT2D eigenvalue weighted by atomic mass is 14.9. The number of hydrogen-bond donors (Lipinski definition) is 0. The first kappa shape index (κ1) is 15.3. The number of rotatable bonds is 4. The van der Waals surface area contributed by atoms with Crippen molar-refractivity contribution in [3.63, 3.8) is 0 Å². The zero-order valence-corrected chi connectivity index (χ0v) is 12.0. The van der Waals surface area contributed by atoms with Gasteiger partial charge in [-0.25, -0.2) is 0 Å². The van der Waals surface area contributed by atoms with Gasteiger partial charge in [-0.15, -0.1) is 0 Å². The molecule has 2 heteroatoms. The van der Waals surface area contributed by atoms with Crippen molar-refractivity contribution in [3.8, 4) is 0 Å². The van der Waals surface area contributed by atoms with Gasteiger partial charge in [0.25, 0.3) is 0 Å². The molecular formula is C14H28N2. The quantitative estimate of drug-likeness (QED) is 0.645. The molecule has 16 heavy (non-hydrogen) atoms. The van der Waals surface area contributed by atoms with Crippen LogP contribution in [0.2, 0.25) is 0 Å². The standard InChI is InChI=1S/C14H28N2/c1-8-12(16-11-14(5,6)7)9-15-10-13(2,3)4/h10-12H,8-9H2,1-7H3/b15-10+,16-11+. The highest BCUT2D eigenvalue weighted by Crippen LogP contribution is 2.11. The van der Waals surface area contributed by atoms with E-state index in [4.69, 9.17) is 0 Å². The fourth-order valence-corrected chi connectivity index (χ4v) is 1.06. The van der Waals surface area contributed by atoms with Gasteiger partial charge in [0.05, 0.1) is 12.6 Å². The second-order valence-electron chi connectivity index (χ2n) is 6.57. The van der Waals surface area contributed by atoms with Gasteiger partial charge in [0.1, 0.15) is 0 Å². The number of hydrogen-bond acceptors (Lipinski definition) is 2. The Morgan fingerprint density at radius 3 is 1.81 bits per heavy atom. The zero-order valence-electron chi connectivity index (χ0n) is 12.0. The SMILES string of the molecule is CCC(C/N=C/C(C)(C)C)/N=C/C(C)(C)C. The molecule has 1 atom stereocenters. The van der Waals surface area contributed by atoms with Gasteiger partial charge in [0, 0.05) is 12.4 Å². The van der Waals surface area contributed by atoms with Crippen LogP contribution in [0.15, 0.2) is 9.98 Å². The third-order valence-corrected chi connectivity index (χ3v) is 1.94. The first-order chi connectivity index (χ1) is 7.14. The number of nitrogens with zero attached hydrogens (tertiary/aromatic N) is 2. The molecule has 0 aliphatic carbocycles. The molecule has 0 bridgehead atoms. The smallest absolute Gasteiger partial charge is 0.0688 e. The van der Waals surface area contributed by atoms with Crippen LogP contribution in [0, 0.1) is 10.8 Å². The third kappa shape index (κ3) is 9.88. The van der Waals surface area contributed by atoms with E-state index in [2.05, 4.69) is 58.5 Å². The maximum absolute atomic E-state index is 4.59. The molecule has 0 fully saturated rings.